The number of carboxylic acid groups (broad SMARTS) is 1. The fourth-order valence-corrected chi connectivity index (χ4v) is 1.27. The third kappa shape index (κ3) is 2.60. The highest BCUT2D eigenvalue weighted by molar-refractivity contribution is 6.31. The molecule has 0 fully saturated rings. The Labute approximate surface area is 90.3 Å². The second-order valence-corrected chi connectivity index (χ2v) is 3.27. The zero-order valence-corrected chi connectivity index (χ0v) is 8.50. The van der Waals surface area contributed by atoms with Crippen molar-refractivity contribution < 1.29 is 19.8 Å². The SMILES string of the molecule is CC(=O)Nc1cc(Cl)cc(C(=O)O)c1O. The van der Waals surface area contributed by atoms with E-state index in [0.717, 1.165) is 6.07 Å². The first-order valence-electron chi connectivity index (χ1n) is 3.95. The Kier molecular flexibility index (Phi) is 3.16. The van der Waals surface area contributed by atoms with Crippen LogP contribution in [0.2, 0.25) is 5.02 Å². The molecule has 0 atom stereocenters. The first-order chi connectivity index (χ1) is 6.91. The molecule has 5 nitrogen and oxygen atoms in total. The molecule has 0 heterocycles. The molecule has 0 bridgehead atoms. The van der Waals surface area contributed by atoms with Crippen LogP contribution in [0.25, 0.3) is 0 Å². The van der Waals surface area contributed by atoms with Gasteiger partial charge in [0.1, 0.15) is 5.56 Å². The number of carbonyl (C=O) groups is 2. The van der Waals surface area contributed by atoms with Gasteiger partial charge in [-0.05, 0) is 12.1 Å². The van der Waals surface area contributed by atoms with Crippen LogP contribution in [0.4, 0.5) is 5.69 Å². The minimum absolute atomic E-state index is 0.0209. The molecule has 3 N–H and O–H groups in total. The third-order valence-electron chi connectivity index (χ3n) is 1.62. The van der Waals surface area contributed by atoms with Gasteiger partial charge in [0.25, 0.3) is 0 Å². The highest BCUT2D eigenvalue weighted by Crippen LogP contribution is 2.31. The topological polar surface area (TPSA) is 86.6 Å². The lowest BCUT2D eigenvalue weighted by Crippen LogP contribution is -2.08. The molecular formula is C9H8ClNO4. The highest BCUT2D eigenvalue weighted by atomic mass is 35.5. The van der Waals surface area contributed by atoms with Crippen molar-refractivity contribution in [2.24, 2.45) is 0 Å². The van der Waals surface area contributed by atoms with E-state index in [1.165, 1.54) is 13.0 Å². The Balaban J connectivity index is 3.28. The average Bonchev–Trinajstić information content (AvgIpc) is 2.09. The fraction of sp³-hybridized carbons (Fsp3) is 0.111. The Morgan fingerprint density at radius 2 is 2.00 bits per heavy atom. The molecule has 15 heavy (non-hydrogen) atoms. The summed E-state index contributed by atoms with van der Waals surface area (Å²) in [6.45, 7) is 1.24. The zero-order valence-electron chi connectivity index (χ0n) is 7.74. The average molecular weight is 230 g/mol. The monoisotopic (exact) mass is 229 g/mol. The van der Waals surface area contributed by atoms with E-state index >= 15 is 0 Å². The Morgan fingerprint density at radius 1 is 1.40 bits per heavy atom. The first kappa shape index (κ1) is 11.3. The minimum Gasteiger partial charge on any atom is -0.505 e. The van der Waals surface area contributed by atoms with Crippen LogP contribution in [-0.2, 0) is 4.79 Å². The first-order valence-corrected chi connectivity index (χ1v) is 4.33. The van der Waals surface area contributed by atoms with Gasteiger partial charge in [-0.1, -0.05) is 11.6 Å². The number of amides is 1. The molecule has 1 aromatic rings. The predicted octanol–water partition coefficient (Wildman–Crippen LogP) is 1.70. The van der Waals surface area contributed by atoms with Crippen LogP contribution in [0.1, 0.15) is 17.3 Å². The van der Waals surface area contributed by atoms with E-state index in [2.05, 4.69) is 5.32 Å². The molecule has 0 radical (unpaired) electrons. The molecule has 0 aliphatic carbocycles. The normalized spacial score (nSPS) is 9.73. The van der Waals surface area contributed by atoms with Crippen molar-refractivity contribution >= 4 is 29.2 Å². The summed E-state index contributed by atoms with van der Waals surface area (Å²) in [4.78, 5) is 21.4. The number of carbonyl (C=O) groups excluding carboxylic acids is 1. The quantitative estimate of drug-likeness (QED) is 0.674. The third-order valence-corrected chi connectivity index (χ3v) is 1.83. The molecule has 0 aliphatic heterocycles. The number of nitrogens with one attached hydrogen (secondary N) is 1. The molecular weight excluding hydrogens is 222 g/mol. The van der Waals surface area contributed by atoms with Gasteiger partial charge in [0.15, 0.2) is 5.75 Å². The molecule has 6 heteroatoms. The Hall–Kier alpha value is -1.75. The lowest BCUT2D eigenvalue weighted by molar-refractivity contribution is -0.114. The Morgan fingerprint density at radius 3 is 2.47 bits per heavy atom. The van der Waals surface area contributed by atoms with Crippen LogP contribution in [0.5, 0.6) is 5.75 Å². The summed E-state index contributed by atoms with van der Waals surface area (Å²) >= 11 is 5.62. The highest BCUT2D eigenvalue weighted by Gasteiger charge is 2.15. The largest absolute Gasteiger partial charge is 0.505 e. The van der Waals surface area contributed by atoms with Crippen molar-refractivity contribution in [3.63, 3.8) is 0 Å². The van der Waals surface area contributed by atoms with Crippen LogP contribution in [0, 0.1) is 0 Å². The van der Waals surface area contributed by atoms with Crippen molar-refractivity contribution in [1.82, 2.24) is 0 Å². The second kappa shape index (κ2) is 4.18. The molecule has 1 aromatic carbocycles. The van der Waals surface area contributed by atoms with Gasteiger partial charge in [-0.25, -0.2) is 4.79 Å². The summed E-state index contributed by atoms with van der Waals surface area (Å²) < 4.78 is 0. The Bertz CT molecular complexity index is 430. The molecule has 1 amide bonds. The second-order valence-electron chi connectivity index (χ2n) is 2.84. The van der Waals surface area contributed by atoms with Crippen LogP contribution < -0.4 is 5.32 Å². The van der Waals surface area contributed by atoms with Crippen molar-refractivity contribution in [3.05, 3.63) is 22.7 Å². The number of aromatic carboxylic acids is 1. The maximum absolute atomic E-state index is 10.7. The van der Waals surface area contributed by atoms with E-state index in [9.17, 15) is 14.7 Å². The number of phenols is 1. The van der Waals surface area contributed by atoms with Crippen LogP contribution in [0.15, 0.2) is 12.1 Å². The van der Waals surface area contributed by atoms with E-state index in [0.29, 0.717) is 0 Å². The van der Waals surface area contributed by atoms with Gasteiger partial charge in [-0.2, -0.15) is 0 Å². The lowest BCUT2D eigenvalue weighted by Gasteiger charge is -2.08. The van der Waals surface area contributed by atoms with Gasteiger partial charge in [-0.15, -0.1) is 0 Å². The molecule has 0 saturated carbocycles. The van der Waals surface area contributed by atoms with Crippen LogP contribution in [-0.4, -0.2) is 22.1 Å². The molecule has 0 aliphatic rings. The van der Waals surface area contributed by atoms with E-state index in [1.807, 2.05) is 0 Å². The van der Waals surface area contributed by atoms with E-state index < -0.39 is 17.6 Å². The van der Waals surface area contributed by atoms with E-state index in [-0.39, 0.29) is 16.3 Å². The van der Waals surface area contributed by atoms with Crippen molar-refractivity contribution in [2.45, 2.75) is 6.92 Å². The number of hydrogen-bond acceptors (Lipinski definition) is 3. The van der Waals surface area contributed by atoms with Gasteiger partial charge >= 0.3 is 5.97 Å². The minimum atomic E-state index is -1.32. The number of aromatic hydroxyl groups is 1. The number of carboxylic acids is 1. The fourth-order valence-electron chi connectivity index (χ4n) is 1.05. The lowest BCUT2D eigenvalue weighted by atomic mass is 10.1. The summed E-state index contributed by atoms with van der Waals surface area (Å²) in [5.74, 6) is -2.26. The van der Waals surface area contributed by atoms with Gasteiger partial charge in [-0.3, -0.25) is 4.79 Å². The standard InChI is InChI=1S/C9H8ClNO4/c1-4(12)11-7-3-5(10)2-6(8(7)13)9(14)15/h2-3,13H,1H3,(H,11,12)(H,14,15). The molecule has 0 aromatic heterocycles. The number of halogens is 1. The smallest absolute Gasteiger partial charge is 0.339 e. The molecule has 0 spiro atoms. The van der Waals surface area contributed by atoms with Crippen LogP contribution >= 0.6 is 11.6 Å². The van der Waals surface area contributed by atoms with Gasteiger partial charge in [0, 0.05) is 11.9 Å². The maximum atomic E-state index is 10.7. The molecule has 80 valence electrons. The summed E-state index contributed by atoms with van der Waals surface area (Å²) in [6, 6.07) is 2.37. The molecule has 1 rings (SSSR count). The number of hydrogen-bond donors (Lipinski definition) is 3. The summed E-state index contributed by atoms with van der Waals surface area (Å²) in [7, 11) is 0. The van der Waals surface area contributed by atoms with Gasteiger partial charge < -0.3 is 15.5 Å². The number of anilines is 1. The summed E-state index contributed by atoms with van der Waals surface area (Å²) in [5.41, 5.74) is -0.376. The molecule has 0 unspecified atom stereocenters. The van der Waals surface area contributed by atoms with Gasteiger partial charge in [0.05, 0.1) is 5.69 Å². The number of benzene rings is 1. The summed E-state index contributed by atoms with van der Waals surface area (Å²) in [6.07, 6.45) is 0. The van der Waals surface area contributed by atoms with Crippen LogP contribution in [0.3, 0.4) is 0 Å². The predicted molar refractivity (Wildman–Crippen MR) is 54.4 cm³/mol. The van der Waals surface area contributed by atoms with E-state index in [1.54, 1.807) is 0 Å². The van der Waals surface area contributed by atoms with Crippen molar-refractivity contribution in [3.8, 4) is 5.75 Å². The number of rotatable bonds is 2. The zero-order chi connectivity index (χ0) is 11.6. The summed E-state index contributed by atoms with van der Waals surface area (Å²) in [5, 5.41) is 20.6. The maximum Gasteiger partial charge on any atom is 0.339 e. The van der Waals surface area contributed by atoms with Gasteiger partial charge in [0.2, 0.25) is 5.91 Å². The van der Waals surface area contributed by atoms with Crippen molar-refractivity contribution in [2.75, 3.05) is 5.32 Å². The van der Waals surface area contributed by atoms with Crippen molar-refractivity contribution in [1.29, 1.82) is 0 Å². The van der Waals surface area contributed by atoms with E-state index in [4.69, 9.17) is 16.7 Å². The molecule has 0 saturated heterocycles.